The normalized spacial score (nSPS) is 10.7. The summed E-state index contributed by atoms with van der Waals surface area (Å²) < 4.78 is 27.2. The third-order valence-electron chi connectivity index (χ3n) is 3.38. The Balaban J connectivity index is 2.22. The number of halogens is 2. The zero-order valence-corrected chi connectivity index (χ0v) is 12.4. The Morgan fingerprint density at radius 1 is 1.05 bits per heavy atom. The summed E-state index contributed by atoms with van der Waals surface area (Å²) in [4.78, 5) is 1.94. The Hall–Kier alpha value is -1.94. The fourth-order valence-electron chi connectivity index (χ4n) is 2.30. The van der Waals surface area contributed by atoms with Crippen molar-refractivity contribution in [3.63, 3.8) is 0 Å². The van der Waals surface area contributed by atoms with Crippen LogP contribution in [0.2, 0.25) is 0 Å². The Kier molecular flexibility index (Phi) is 5.28. The van der Waals surface area contributed by atoms with Gasteiger partial charge in [-0.15, -0.1) is 0 Å². The number of nitrogens with one attached hydrogen (secondary N) is 1. The molecule has 0 atom stereocenters. The second-order valence-corrected chi connectivity index (χ2v) is 5.00. The van der Waals surface area contributed by atoms with Crippen molar-refractivity contribution in [1.82, 2.24) is 5.32 Å². The van der Waals surface area contributed by atoms with E-state index < -0.39 is 0 Å². The van der Waals surface area contributed by atoms with Crippen LogP contribution in [0.1, 0.15) is 18.1 Å². The first-order chi connectivity index (χ1) is 10.1. The molecular weight excluding hydrogens is 270 g/mol. The lowest BCUT2D eigenvalue weighted by molar-refractivity contribution is 0.606. The molecule has 2 aromatic carbocycles. The first-order valence-corrected chi connectivity index (χ1v) is 7.05. The highest BCUT2D eigenvalue weighted by Crippen LogP contribution is 2.23. The molecule has 0 spiro atoms. The Labute approximate surface area is 124 Å². The molecule has 4 heteroatoms. The molecule has 21 heavy (non-hydrogen) atoms. The molecule has 0 aliphatic carbocycles. The monoisotopic (exact) mass is 290 g/mol. The molecule has 0 heterocycles. The maximum Gasteiger partial charge on any atom is 0.128 e. The summed E-state index contributed by atoms with van der Waals surface area (Å²) in [7, 11) is 1.88. The van der Waals surface area contributed by atoms with Gasteiger partial charge in [-0.1, -0.05) is 25.1 Å². The molecule has 0 aliphatic rings. The van der Waals surface area contributed by atoms with Gasteiger partial charge in [0, 0.05) is 31.4 Å². The lowest BCUT2D eigenvalue weighted by Gasteiger charge is -2.23. The predicted molar refractivity (Wildman–Crippen MR) is 82.3 cm³/mol. The minimum Gasteiger partial charge on any atom is -0.370 e. The van der Waals surface area contributed by atoms with Crippen LogP contribution in [0.4, 0.5) is 14.5 Å². The molecule has 0 bridgehead atoms. The summed E-state index contributed by atoms with van der Waals surface area (Å²) in [6, 6.07) is 11.4. The molecule has 0 aromatic heterocycles. The SMILES string of the molecule is CCNCc1cc(F)ccc1N(C)Cc1ccccc1F. The van der Waals surface area contributed by atoms with Gasteiger partial charge in [-0.25, -0.2) is 8.78 Å². The molecule has 0 saturated carbocycles. The van der Waals surface area contributed by atoms with Gasteiger partial charge in [-0.2, -0.15) is 0 Å². The number of hydrogen-bond acceptors (Lipinski definition) is 2. The number of hydrogen-bond donors (Lipinski definition) is 1. The predicted octanol–water partition coefficient (Wildman–Crippen LogP) is 3.71. The van der Waals surface area contributed by atoms with Crippen LogP contribution in [0.15, 0.2) is 42.5 Å². The number of nitrogens with zero attached hydrogens (tertiary/aromatic N) is 1. The van der Waals surface area contributed by atoms with Gasteiger partial charge in [0.1, 0.15) is 11.6 Å². The standard InChI is InChI=1S/C17H20F2N2/c1-3-20-11-14-10-15(18)8-9-17(14)21(2)12-13-6-4-5-7-16(13)19/h4-10,20H,3,11-12H2,1-2H3. The van der Waals surface area contributed by atoms with Crippen LogP contribution in [-0.4, -0.2) is 13.6 Å². The van der Waals surface area contributed by atoms with E-state index in [0.717, 1.165) is 17.8 Å². The summed E-state index contributed by atoms with van der Waals surface area (Å²) in [5, 5.41) is 3.19. The van der Waals surface area contributed by atoms with Gasteiger partial charge in [-0.05, 0) is 36.4 Å². The zero-order chi connectivity index (χ0) is 15.2. The molecule has 0 amide bonds. The molecule has 2 nitrogen and oxygen atoms in total. The lowest BCUT2D eigenvalue weighted by Crippen LogP contribution is -2.21. The van der Waals surface area contributed by atoms with E-state index in [1.807, 2.05) is 24.9 Å². The van der Waals surface area contributed by atoms with E-state index in [-0.39, 0.29) is 11.6 Å². The van der Waals surface area contributed by atoms with E-state index >= 15 is 0 Å². The Morgan fingerprint density at radius 3 is 2.52 bits per heavy atom. The van der Waals surface area contributed by atoms with Crippen LogP contribution >= 0.6 is 0 Å². The highest BCUT2D eigenvalue weighted by molar-refractivity contribution is 5.53. The fourth-order valence-corrected chi connectivity index (χ4v) is 2.30. The van der Waals surface area contributed by atoms with Crippen molar-refractivity contribution in [1.29, 1.82) is 0 Å². The maximum atomic E-state index is 13.7. The van der Waals surface area contributed by atoms with E-state index in [0.29, 0.717) is 18.7 Å². The van der Waals surface area contributed by atoms with Crippen molar-refractivity contribution in [3.8, 4) is 0 Å². The number of anilines is 1. The molecule has 2 rings (SSSR count). The maximum absolute atomic E-state index is 13.7. The van der Waals surface area contributed by atoms with Gasteiger partial charge in [0.05, 0.1) is 0 Å². The topological polar surface area (TPSA) is 15.3 Å². The Morgan fingerprint density at radius 2 is 1.81 bits per heavy atom. The van der Waals surface area contributed by atoms with Gasteiger partial charge >= 0.3 is 0 Å². The molecular formula is C17H20F2N2. The first-order valence-electron chi connectivity index (χ1n) is 7.05. The smallest absolute Gasteiger partial charge is 0.128 e. The summed E-state index contributed by atoms with van der Waals surface area (Å²) in [5.74, 6) is -0.481. The van der Waals surface area contributed by atoms with Gasteiger partial charge in [0.15, 0.2) is 0 Å². The Bertz CT molecular complexity index is 599. The lowest BCUT2D eigenvalue weighted by atomic mass is 10.1. The largest absolute Gasteiger partial charge is 0.370 e. The molecule has 0 unspecified atom stereocenters. The van der Waals surface area contributed by atoms with E-state index in [1.54, 1.807) is 18.2 Å². The average molecular weight is 290 g/mol. The zero-order valence-electron chi connectivity index (χ0n) is 12.4. The molecule has 112 valence electrons. The summed E-state index contributed by atoms with van der Waals surface area (Å²) in [6.45, 7) is 3.84. The third kappa shape index (κ3) is 4.02. The highest BCUT2D eigenvalue weighted by atomic mass is 19.1. The summed E-state index contributed by atoms with van der Waals surface area (Å²) >= 11 is 0. The van der Waals surface area contributed by atoms with Crippen molar-refractivity contribution >= 4 is 5.69 Å². The summed E-state index contributed by atoms with van der Waals surface area (Å²) in [6.07, 6.45) is 0. The molecule has 0 radical (unpaired) electrons. The molecule has 2 aromatic rings. The van der Waals surface area contributed by atoms with E-state index in [2.05, 4.69) is 5.32 Å². The molecule has 1 N–H and O–H groups in total. The van der Waals surface area contributed by atoms with Crippen molar-refractivity contribution in [3.05, 3.63) is 65.2 Å². The van der Waals surface area contributed by atoms with Gasteiger partial charge < -0.3 is 10.2 Å². The quantitative estimate of drug-likeness (QED) is 0.872. The number of rotatable bonds is 6. The minimum absolute atomic E-state index is 0.223. The first kappa shape index (κ1) is 15.4. The van der Waals surface area contributed by atoms with Crippen molar-refractivity contribution < 1.29 is 8.78 Å². The van der Waals surface area contributed by atoms with E-state index in [1.165, 1.54) is 18.2 Å². The van der Waals surface area contributed by atoms with Gasteiger partial charge in [0.2, 0.25) is 0 Å². The summed E-state index contributed by atoms with van der Waals surface area (Å²) in [5.41, 5.74) is 2.40. The fraction of sp³-hybridized carbons (Fsp3) is 0.294. The molecule has 0 fully saturated rings. The second-order valence-electron chi connectivity index (χ2n) is 5.00. The molecule has 0 saturated heterocycles. The van der Waals surface area contributed by atoms with Crippen LogP contribution in [0, 0.1) is 11.6 Å². The average Bonchev–Trinajstić information content (AvgIpc) is 2.47. The second kappa shape index (κ2) is 7.18. The van der Waals surface area contributed by atoms with Crippen LogP contribution in [0.3, 0.4) is 0 Å². The highest BCUT2D eigenvalue weighted by Gasteiger charge is 2.11. The van der Waals surface area contributed by atoms with Crippen LogP contribution in [0.25, 0.3) is 0 Å². The van der Waals surface area contributed by atoms with Crippen molar-refractivity contribution in [2.24, 2.45) is 0 Å². The third-order valence-corrected chi connectivity index (χ3v) is 3.38. The van der Waals surface area contributed by atoms with Crippen molar-refractivity contribution in [2.45, 2.75) is 20.0 Å². The van der Waals surface area contributed by atoms with E-state index in [4.69, 9.17) is 0 Å². The minimum atomic E-state index is -0.258. The van der Waals surface area contributed by atoms with Crippen LogP contribution < -0.4 is 10.2 Å². The van der Waals surface area contributed by atoms with E-state index in [9.17, 15) is 8.78 Å². The molecule has 0 aliphatic heterocycles. The van der Waals surface area contributed by atoms with Gasteiger partial charge in [0.25, 0.3) is 0 Å². The van der Waals surface area contributed by atoms with Crippen molar-refractivity contribution in [2.75, 3.05) is 18.5 Å². The van der Waals surface area contributed by atoms with Crippen LogP contribution in [0.5, 0.6) is 0 Å². The number of benzene rings is 2. The van der Waals surface area contributed by atoms with Gasteiger partial charge in [-0.3, -0.25) is 0 Å². The van der Waals surface area contributed by atoms with Crippen LogP contribution in [-0.2, 0) is 13.1 Å².